The summed E-state index contributed by atoms with van der Waals surface area (Å²) in [6.07, 6.45) is 1.61. The molecule has 8 nitrogen and oxygen atoms in total. The molecular formula is C17H21N3O5S2. The Kier molecular flexibility index (Phi) is 6.18. The fraction of sp³-hybridized carbons (Fsp3) is 0.471. The number of aromatic nitrogens is 2. The minimum Gasteiger partial charge on any atom is -0.462 e. The standard InChI is InChI=1S/C17H21N3O5S2/c1-12(2)24-15(21)11-26-17-19-18-16(25-17)13-5-7-14(8-6-13)27(22,23)20-9-3-4-10-20/h5-8,12H,3-4,9-11H2,1-2H3. The molecule has 2 heterocycles. The molecule has 0 amide bonds. The summed E-state index contributed by atoms with van der Waals surface area (Å²) in [6.45, 7) is 4.68. The van der Waals surface area contributed by atoms with E-state index in [0.29, 0.717) is 18.7 Å². The monoisotopic (exact) mass is 411 g/mol. The van der Waals surface area contributed by atoms with Crippen LogP contribution in [-0.4, -0.2) is 53.8 Å². The van der Waals surface area contributed by atoms with Gasteiger partial charge in [0.15, 0.2) is 0 Å². The lowest BCUT2D eigenvalue weighted by Gasteiger charge is -2.15. The third-order valence-electron chi connectivity index (χ3n) is 3.89. The summed E-state index contributed by atoms with van der Waals surface area (Å²) >= 11 is 1.09. The minimum absolute atomic E-state index is 0.0762. The number of ether oxygens (including phenoxy) is 1. The lowest BCUT2D eigenvalue weighted by atomic mass is 10.2. The Bertz CT molecular complexity index is 888. The molecule has 0 atom stereocenters. The number of benzene rings is 1. The Morgan fingerprint density at radius 2 is 1.89 bits per heavy atom. The zero-order chi connectivity index (χ0) is 19.4. The lowest BCUT2D eigenvalue weighted by Crippen LogP contribution is -2.27. The van der Waals surface area contributed by atoms with Crippen LogP contribution in [0.5, 0.6) is 0 Å². The largest absolute Gasteiger partial charge is 0.462 e. The Morgan fingerprint density at radius 1 is 1.22 bits per heavy atom. The van der Waals surface area contributed by atoms with Crippen LogP contribution in [0.4, 0.5) is 0 Å². The number of nitrogens with zero attached hydrogens (tertiary/aromatic N) is 3. The van der Waals surface area contributed by atoms with Gasteiger partial charge >= 0.3 is 5.97 Å². The fourth-order valence-corrected chi connectivity index (χ4v) is 4.71. The highest BCUT2D eigenvalue weighted by Gasteiger charge is 2.27. The van der Waals surface area contributed by atoms with Crippen molar-refractivity contribution >= 4 is 27.8 Å². The second kappa shape index (κ2) is 8.41. The number of hydrogen-bond acceptors (Lipinski definition) is 8. The molecule has 1 aromatic heterocycles. The molecule has 0 N–H and O–H groups in total. The summed E-state index contributed by atoms with van der Waals surface area (Å²) < 4.78 is 37.1. The van der Waals surface area contributed by atoms with Crippen LogP contribution in [-0.2, 0) is 19.6 Å². The maximum Gasteiger partial charge on any atom is 0.316 e. The van der Waals surface area contributed by atoms with Crippen LogP contribution in [0.25, 0.3) is 11.5 Å². The Morgan fingerprint density at radius 3 is 2.52 bits per heavy atom. The van der Waals surface area contributed by atoms with E-state index in [1.54, 1.807) is 38.1 Å². The maximum atomic E-state index is 12.5. The van der Waals surface area contributed by atoms with Gasteiger partial charge in [0.2, 0.25) is 15.9 Å². The summed E-state index contributed by atoms with van der Waals surface area (Å²) in [6, 6.07) is 6.36. The van der Waals surface area contributed by atoms with Crippen molar-refractivity contribution in [1.29, 1.82) is 0 Å². The summed E-state index contributed by atoms with van der Waals surface area (Å²) in [5, 5.41) is 8.08. The van der Waals surface area contributed by atoms with Gasteiger partial charge in [0.25, 0.3) is 5.22 Å². The number of carbonyl (C=O) groups is 1. The van der Waals surface area contributed by atoms with Crippen molar-refractivity contribution in [2.75, 3.05) is 18.8 Å². The molecule has 0 radical (unpaired) electrons. The molecule has 27 heavy (non-hydrogen) atoms. The van der Waals surface area contributed by atoms with Crippen molar-refractivity contribution in [2.24, 2.45) is 0 Å². The van der Waals surface area contributed by atoms with Gasteiger partial charge in [-0.15, -0.1) is 10.2 Å². The first-order valence-corrected chi connectivity index (χ1v) is 11.0. The second-order valence-corrected chi connectivity index (χ2v) is 9.20. The van der Waals surface area contributed by atoms with Crippen molar-refractivity contribution in [3.05, 3.63) is 24.3 Å². The van der Waals surface area contributed by atoms with E-state index < -0.39 is 10.0 Å². The van der Waals surface area contributed by atoms with Gasteiger partial charge in [0, 0.05) is 18.7 Å². The highest BCUT2D eigenvalue weighted by molar-refractivity contribution is 7.99. The number of carbonyl (C=O) groups excluding carboxylic acids is 1. The first-order chi connectivity index (χ1) is 12.9. The topological polar surface area (TPSA) is 103 Å². The normalized spacial score (nSPS) is 15.4. The van der Waals surface area contributed by atoms with Crippen LogP contribution >= 0.6 is 11.8 Å². The van der Waals surface area contributed by atoms with Gasteiger partial charge in [-0.05, 0) is 51.0 Å². The molecule has 0 bridgehead atoms. The van der Waals surface area contributed by atoms with E-state index in [1.165, 1.54) is 4.31 Å². The van der Waals surface area contributed by atoms with Gasteiger partial charge in [-0.1, -0.05) is 11.8 Å². The first kappa shape index (κ1) is 19.8. The van der Waals surface area contributed by atoms with Gasteiger partial charge < -0.3 is 9.15 Å². The molecule has 0 aliphatic carbocycles. The molecule has 10 heteroatoms. The fourth-order valence-electron chi connectivity index (χ4n) is 2.65. The molecule has 0 saturated carbocycles. The highest BCUT2D eigenvalue weighted by Crippen LogP contribution is 2.26. The van der Waals surface area contributed by atoms with E-state index in [2.05, 4.69) is 10.2 Å². The molecule has 3 rings (SSSR count). The zero-order valence-corrected chi connectivity index (χ0v) is 16.8. The maximum absolute atomic E-state index is 12.5. The number of hydrogen-bond donors (Lipinski definition) is 0. The lowest BCUT2D eigenvalue weighted by molar-refractivity contribution is -0.144. The van der Waals surface area contributed by atoms with Crippen LogP contribution in [0.3, 0.4) is 0 Å². The molecule has 1 aliphatic rings. The van der Waals surface area contributed by atoms with E-state index in [0.717, 1.165) is 24.6 Å². The summed E-state index contributed by atoms with van der Waals surface area (Å²) in [5.74, 6) is -0.0154. The summed E-state index contributed by atoms with van der Waals surface area (Å²) in [4.78, 5) is 11.8. The first-order valence-electron chi connectivity index (χ1n) is 8.62. The molecule has 146 valence electrons. The third kappa shape index (κ3) is 4.88. The van der Waals surface area contributed by atoms with Crippen LogP contribution < -0.4 is 0 Å². The van der Waals surface area contributed by atoms with Gasteiger partial charge in [-0.3, -0.25) is 4.79 Å². The van der Waals surface area contributed by atoms with E-state index in [4.69, 9.17) is 9.15 Å². The SMILES string of the molecule is CC(C)OC(=O)CSc1nnc(-c2ccc(S(=O)(=O)N3CCCC3)cc2)o1. The van der Waals surface area contributed by atoms with Crippen LogP contribution in [0.15, 0.2) is 38.8 Å². The molecule has 1 fully saturated rings. The quantitative estimate of drug-likeness (QED) is 0.506. The van der Waals surface area contributed by atoms with Crippen molar-refractivity contribution in [2.45, 2.75) is 42.9 Å². The van der Waals surface area contributed by atoms with Crippen LogP contribution in [0.2, 0.25) is 0 Å². The Balaban J connectivity index is 1.66. The molecule has 1 aromatic carbocycles. The minimum atomic E-state index is -3.45. The molecule has 0 unspecified atom stereocenters. The highest BCUT2D eigenvalue weighted by atomic mass is 32.2. The van der Waals surface area contributed by atoms with Crippen molar-refractivity contribution < 1.29 is 22.4 Å². The van der Waals surface area contributed by atoms with Crippen LogP contribution in [0.1, 0.15) is 26.7 Å². The Labute approximate surface area is 162 Å². The third-order valence-corrected chi connectivity index (χ3v) is 6.60. The average Bonchev–Trinajstić information content (AvgIpc) is 3.32. The predicted molar refractivity (Wildman–Crippen MR) is 99.7 cm³/mol. The zero-order valence-electron chi connectivity index (χ0n) is 15.1. The second-order valence-electron chi connectivity index (χ2n) is 6.34. The number of sulfonamides is 1. The Hall–Kier alpha value is -1.91. The van der Waals surface area contributed by atoms with Crippen LogP contribution in [0, 0.1) is 0 Å². The number of thioether (sulfide) groups is 1. The van der Waals surface area contributed by atoms with Gasteiger partial charge in [0.1, 0.15) is 5.75 Å². The molecule has 1 aliphatic heterocycles. The number of rotatable bonds is 7. The van der Waals surface area contributed by atoms with Gasteiger partial charge in [-0.2, -0.15) is 4.31 Å². The van der Waals surface area contributed by atoms with Gasteiger partial charge in [-0.25, -0.2) is 8.42 Å². The van der Waals surface area contributed by atoms with E-state index in [-0.39, 0.29) is 33.8 Å². The van der Waals surface area contributed by atoms with Crippen molar-refractivity contribution in [3.63, 3.8) is 0 Å². The average molecular weight is 412 g/mol. The smallest absolute Gasteiger partial charge is 0.316 e. The van der Waals surface area contributed by atoms with E-state index >= 15 is 0 Å². The van der Waals surface area contributed by atoms with E-state index in [1.807, 2.05) is 0 Å². The number of esters is 1. The predicted octanol–water partition coefficient (Wildman–Crippen LogP) is 2.56. The molecule has 0 spiro atoms. The molecule has 1 saturated heterocycles. The van der Waals surface area contributed by atoms with Gasteiger partial charge in [0.05, 0.1) is 11.0 Å². The molecular weight excluding hydrogens is 390 g/mol. The molecule has 2 aromatic rings. The summed E-state index contributed by atoms with van der Waals surface area (Å²) in [5.41, 5.74) is 0.611. The van der Waals surface area contributed by atoms with Crippen molar-refractivity contribution in [3.8, 4) is 11.5 Å². The summed E-state index contributed by atoms with van der Waals surface area (Å²) in [7, 11) is -3.45. The van der Waals surface area contributed by atoms with Crippen molar-refractivity contribution in [1.82, 2.24) is 14.5 Å². The van der Waals surface area contributed by atoms with E-state index in [9.17, 15) is 13.2 Å².